The summed E-state index contributed by atoms with van der Waals surface area (Å²) in [6.07, 6.45) is 2.14. The minimum absolute atomic E-state index is 0.00419. The van der Waals surface area contributed by atoms with Crippen LogP contribution < -0.4 is 14.8 Å². The van der Waals surface area contributed by atoms with Crippen LogP contribution >= 0.6 is 11.3 Å². The lowest BCUT2D eigenvalue weighted by Crippen LogP contribution is -2.34. The minimum atomic E-state index is -0.268. The fourth-order valence-corrected chi connectivity index (χ4v) is 4.03. The summed E-state index contributed by atoms with van der Waals surface area (Å²) in [6.45, 7) is 3.73. The third kappa shape index (κ3) is 3.65. The molecule has 1 aromatic carbocycles. The molecule has 1 amide bonds. The van der Waals surface area contributed by atoms with Gasteiger partial charge in [0.25, 0.3) is 0 Å². The van der Waals surface area contributed by atoms with Crippen LogP contribution in [0.2, 0.25) is 0 Å². The molecule has 1 atom stereocenters. The van der Waals surface area contributed by atoms with Crippen molar-refractivity contribution in [1.29, 1.82) is 0 Å². The van der Waals surface area contributed by atoms with E-state index < -0.39 is 0 Å². The lowest BCUT2D eigenvalue weighted by Gasteiger charge is -2.27. The predicted molar refractivity (Wildman–Crippen MR) is 101 cm³/mol. The number of benzene rings is 1. The van der Waals surface area contributed by atoms with Crippen molar-refractivity contribution >= 4 is 22.9 Å². The number of anilines is 1. The molecule has 1 aliphatic rings. The Bertz CT molecular complexity index is 731. The molecule has 5 nitrogen and oxygen atoms in total. The lowest BCUT2D eigenvalue weighted by molar-refractivity contribution is -0.121. The maximum atomic E-state index is 13.0. The van der Waals surface area contributed by atoms with E-state index in [9.17, 15) is 4.79 Å². The average Bonchev–Trinajstić information content (AvgIpc) is 3.10. The Hall–Kier alpha value is -2.05. The van der Waals surface area contributed by atoms with Crippen molar-refractivity contribution in [2.45, 2.75) is 32.4 Å². The first kappa shape index (κ1) is 17.8. The predicted octanol–water partition coefficient (Wildman–Crippen LogP) is 4.06. The third-order valence-corrected chi connectivity index (χ3v) is 5.39. The van der Waals surface area contributed by atoms with Crippen molar-refractivity contribution in [3.8, 4) is 11.5 Å². The van der Waals surface area contributed by atoms with Gasteiger partial charge < -0.3 is 14.8 Å². The van der Waals surface area contributed by atoms with Gasteiger partial charge >= 0.3 is 0 Å². The highest BCUT2D eigenvalue weighted by Crippen LogP contribution is 2.38. The number of hydrogen-bond acceptors (Lipinski definition) is 5. The van der Waals surface area contributed by atoms with Crippen LogP contribution in [0.4, 0.5) is 5.69 Å². The zero-order chi connectivity index (χ0) is 17.8. The molecule has 25 heavy (non-hydrogen) atoms. The van der Waals surface area contributed by atoms with Crippen LogP contribution in [0.25, 0.3) is 0 Å². The van der Waals surface area contributed by atoms with Gasteiger partial charge in [-0.15, -0.1) is 11.3 Å². The van der Waals surface area contributed by atoms with E-state index in [1.54, 1.807) is 25.6 Å². The maximum absolute atomic E-state index is 13.0. The van der Waals surface area contributed by atoms with E-state index in [1.807, 2.05) is 29.6 Å². The average molecular weight is 360 g/mol. The fourth-order valence-electron chi connectivity index (χ4n) is 3.17. The molecule has 2 aromatic rings. The first-order valence-corrected chi connectivity index (χ1v) is 9.39. The summed E-state index contributed by atoms with van der Waals surface area (Å²) in [5, 5.41) is 5.10. The molecule has 3 rings (SSSR count). The van der Waals surface area contributed by atoms with E-state index in [0.717, 1.165) is 35.5 Å². The van der Waals surface area contributed by atoms with E-state index in [2.05, 4.69) is 17.1 Å². The first-order valence-electron chi connectivity index (χ1n) is 8.51. The van der Waals surface area contributed by atoms with Gasteiger partial charge in [-0.1, -0.05) is 19.4 Å². The summed E-state index contributed by atoms with van der Waals surface area (Å²) in [7, 11) is 3.23. The van der Waals surface area contributed by atoms with Gasteiger partial charge in [-0.05, 0) is 36.0 Å². The fraction of sp³-hybridized carbons (Fsp3) is 0.421. The highest BCUT2D eigenvalue weighted by atomic mass is 32.1. The summed E-state index contributed by atoms with van der Waals surface area (Å²) >= 11 is 1.62. The van der Waals surface area contributed by atoms with Gasteiger partial charge in [0.2, 0.25) is 5.91 Å². The Kier molecular flexibility index (Phi) is 5.60. The Balaban J connectivity index is 2.01. The molecule has 0 fully saturated rings. The summed E-state index contributed by atoms with van der Waals surface area (Å²) in [4.78, 5) is 16.3. The van der Waals surface area contributed by atoms with Crippen molar-refractivity contribution in [1.82, 2.24) is 4.90 Å². The number of carbonyl (C=O) groups is 1. The molecule has 0 radical (unpaired) electrons. The molecule has 134 valence electrons. The Morgan fingerprint density at radius 1 is 1.28 bits per heavy atom. The van der Waals surface area contributed by atoms with Gasteiger partial charge in [0.15, 0.2) is 11.5 Å². The Labute approximate surface area is 152 Å². The van der Waals surface area contributed by atoms with Gasteiger partial charge in [0.05, 0.1) is 14.2 Å². The zero-order valence-electron chi connectivity index (χ0n) is 14.9. The van der Waals surface area contributed by atoms with Crippen molar-refractivity contribution < 1.29 is 14.3 Å². The van der Waals surface area contributed by atoms with Gasteiger partial charge in [0.1, 0.15) is 6.04 Å². The van der Waals surface area contributed by atoms with Gasteiger partial charge in [0, 0.05) is 23.2 Å². The van der Waals surface area contributed by atoms with Crippen molar-refractivity contribution in [2.75, 3.05) is 26.1 Å². The normalized spacial score (nSPS) is 17.6. The molecule has 1 aliphatic heterocycles. The molecule has 0 saturated carbocycles. The molecule has 1 aromatic heterocycles. The van der Waals surface area contributed by atoms with Gasteiger partial charge in [-0.2, -0.15) is 0 Å². The SMILES string of the molecule is CCCCN1Cc2cc(OC)c(OC)cc2NC(=O)C1c1cccs1. The number of methoxy groups -OCH3 is 2. The van der Waals surface area contributed by atoms with E-state index in [4.69, 9.17) is 9.47 Å². The molecular formula is C19H24N2O3S. The van der Waals surface area contributed by atoms with Crippen LogP contribution in [-0.4, -0.2) is 31.6 Å². The van der Waals surface area contributed by atoms with Gasteiger partial charge in [-0.25, -0.2) is 0 Å². The number of nitrogens with zero attached hydrogens (tertiary/aromatic N) is 1. The number of nitrogens with one attached hydrogen (secondary N) is 1. The maximum Gasteiger partial charge on any atom is 0.247 e. The minimum Gasteiger partial charge on any atom is -0.493 e. The molecular weight excluding hydrogens is 336 g/mol. The number of fused-ring (bicyclic) bond motifs is 1. The molecule has 0 spiro atoms. The second kappa shape index (κ2) is 7.89. The quantitative estimate of drug-likeness (QED) is 0.844. The first-order chi connectivity index (χ1) is 12.2. The Morgan fingerprint density at radius 3 is 2.68 bits per heavy atom. The number of hydrogen-bond donors (Lipinski definition) is 1. The molecule has 6 heteroatoms. The number of rotatable bonds is 6. The number of unbranched alkanes of at least 4 members (excludes halogenated alkanes) is 1. The smallest absolute Gasteiger partial charge is 0.247 e. The van der Waals surface area contributed by atoms with Crippen molar-refractivity contribution in [3.63, 3.8) is 0 Å². The van der Waals surface area contributed by atoms with Crippen LogP contribution in [0.15, 0.2) is 29.6 Å². The summed E-state index contributed by atoms with van der Waals surface area (Å²) in [5.41, 5.74) is 1.84. The molecule has 0 bridgehead atoms. The summed E-state index contributed by atoms with van der Waals surface area (Å²) in [6, 6.07) is 7.57. The second-order valence-electron chi connectivity index (χ2n) is 6.10. The summed E-state index contributed by atoms with van der Waals surface area (Å²) < 4.78 is 10.8. The monoisotopic (exact) mass is 360 g/mol. The zero-order valence-corrected chi connectivity index (χ0v) is 15.7. The van der Waals surface area contributed by atoms with Crippen molar-refractivity contribution in [2.24, 2.45) is 0 Å². The van der Waals surface area contributed by atoms with Crippen LogP contribution in [0.5, 0.6) is 11.5 Å². The largest absolute Gasteiger partial charge is 0.493 e. The molecule has 0 aliphatic carbocycles. The lowest BCUT2D eigenvalue weighted by atomic mass is 10.1. The van der Waals surface area contributed by atoms with E-state index in [1.165, 1.54) is 0 Å². The molecule has 1 N–H and O–H groups in total. The highest BCUT2D eigenvalue weighted by Gasteiger charge is 2.32. The molecule has 0 saturated heterocycles. The number of thiophene rings is 1. The second-order valence-corrected chi connectivity index (χ2v) is 7.07. The third-order valence-electron chi connectivity index (χ3n) is 4.47. The van der Waals surface area contributed by atoms with Crippen LogP contribution in [-0.2, 0) is 11.3 Å². The number of carbonyl (C=O) groups excluding carboxylic acids is 1. The van der Waals surface area contributed by atoms with E-state index >= 15 is 0 Å². The van der Waals surface area contributed by atoms with Gasteiger partial charge in [-0.3, -0.25) is 9.69 Å². The van der Waals surface area contributed by atoms with Crippen LogP contribution in [0, 0.1) is 0 Å². The molecule has 2 heterocycles. The Morgan fingerprint density at radius 2 is 2.04 bits per heavy atom. The topological polar surface area (TPSA) is 50.8 Å². The van der Waals surface area contributed by atoms with Crippen LogP contribution in [0.3, 0.4) is 0 Å². The van der Waals surface area contributed by atoms with Crippen LogP contribution in [0.1, 0.15) is 36.2 Å². The summed E-state index contributed by atoms with van der Waals surface area (Å²) in [5.74, 6) is 1.31. The highest BCUT2D eigenvalue weighted by molar-refractivity contribution is 7.10. The van der Waals surface area contributed by atoms with E-state index in [0.29, 0.717) is 18.0 Å². The standard InChI is InChI=1S/C19H24N2O3S/c1-4-5-8-21-12-13-10-15(23-2)16(24-3)11-14(13)20-19(22)18(21)17-7-6-9-25-17/h6-7,9-11,18H,4-5,8,12H2,1-3H3,(H,20,22). The van der Waals surface area contributed by atoms with E-state index in [-0.39, 0.29) is 11.9 Å². The number of amides is 1. The molecule has 1 unspecified atom stereocenters. The van der Waals surface area contributed by atoms with Crippen molar-refractivity contribution in [3.05, 3.63) is 40.1 Å². The number of ether oxygens (including phenoxy) is 2.